The standard InChI is InChI=1S/C19H19BrO5/c1-22-15-6-4-5-13(9-15)7-8-19(21)25-12-14-10-17(23-2)18(24-3)11-16(14)20/h4-11H,12H2,1-3H3/b8-7+. The highest BCUT2D eigenvalue weighted by atomic mass is 79.9. The fraction of sp³-hybridized carbons (Fsp3) is 0.211. The molecule has 0 fully saturated rings. The zero-order chi connectivity index (χ0) is 18.2. The van der Waals surface area contributed by atoms with E-state index in [9.17, 15) is 4.79 Å². The van der Waals surface area contributed by atoms with Crippen LogP contribution in [0.2, 0.25) is 0 Å². The average molecular weight is 407 g/mol. The van der Waals surface area contributed by atoms with Gasteiger partial charge in [-0.05, 0) is 35.9 Å². The molecule has 5 nitrogen and oxygen atoms in total. The lowest BCUT2D eigenvalue weighted by atomic mass is 10.2. The van der Waals surface area contributed by atoms with E-state index in [0.717, 1.165) is 21.3 Å². The van der Waals surface area contributed by atoms with Gasteiger partial charge in [-0.15, -0.1) is 0 Å². The van der Waals surface area contributed by atoms with Gasteiger partial charge in [0.2, 0.25) is 0 Å². The van der Waals surface area contributed by atoms with Gasteiger partial charge in [0, 0.05) is 16.1 Å². The van der Waals surface area contributed by atoms with Gasteiger partial charge in [-0.2, -0.15) is 0 Å². The van der Waals surface area contributed by atoms with E-state index in [1.165, 1.54) is 6.08 Å². The van der Waals surface area contributed by atoms with Gasteiger partial charge in [-0.3, -0.25) is 0 Å². The van der Waals surface area contributed by atoms with Gasteiger partial charge >= 0.3 is 5.97 Å². The summed E-state index contributed by atoms with van der Waals surface area (Å²) in [5.74, 6) is 1.46. The van der Waals surface area contributed by atoms with E-state index in [4.69, 9.17) is 18.9 Å². The van der Waals surface area contributed by atoms with Crippen LogP contribution in [0.15, 0.2) is 46.9 Å². The lowest BCUT2D eigenvalue weighted by Gasteiger charge is -2.11. The van der Waals surface area contributed by atoms with Crippen molar-refractivity contribution in [3.8, 4) is 17.2 Å². The van der Waals surface area contributed by atoms with Crippen molar-refractivity contribution in [2.75, 3.05) is 21.3 Å². The Bertz CT molecular complexity index is 770. The molecule has 6 heteroatoms. The predicted molar refractivity (Wildman–Crippen MR) is 99.1 cm³/mol. The molecule has 0 radical (unpaired) electrons. The Kier molecular flexibility index (Phi) is 6.89. The molecule has 0 atom stereocenters. The Labute approximate surface area is 155 Å². The molecule has 0 amide bonds. The molecule has 0 aromatic heterocycles. The zero-order valence-corrected chi connectivity index (χ0v) is 15.8. The van der Waals surface area contributed by atoms with E-state index >= 15 is 0 Å². The Morgan fingerprint density at radius 2 is 1.76 bits per heavy atom. The number of esters is 1. The van der Waals surface area contributed by atoms with Crippen molar-refractivity contribution in [2.24, 2.45) is 0 Å². The van der Waals surface area contributed by atoms with Gasteiger partial charge in [0.05, 0.1) is 21.3 Å². The summed E-state index contributed by atoms with van der Waals surface area (Å²) in [6.07, 6.45) is 3.05. The number of rotatable bonds is 7. The van der Waals surface area contributed by atoms with Crippen molar-refractivity contribution in [2.45, 2.75) is 6.61 Å². The molecule has 25 heavy (non-hydrogen) atoms. The molecule has 0 N–H and O–H groups in total. The van der Waals surface area contributed by atoms with E-state index in [2.05, 4.69) is 15.9 Å². The number of halogens is 1. The van der Waals surface area contributed by atoms with Gasteiger partial charge in [-0.25, -0.2) is 4.79 Å². The Hall–Kier alpha value is -2.47. The third-order valence-corrected chi connectivity index (χ3v) is 4.17. The number of methoxy groups -OCH3 is 3. The normalized spacial score (nSPS) is 10.6. The maximum absolute atomic E-state index is 11.9. The minimum Gasteiger partial charge on any atom is -0.497 e. The molecule has 132 valence electrons. The fourth-order valence-corrected chi connectivity index (χ4v) is 2.55. The number of benzene rings is 2. The van der Waals surface area contributed by atoms with Crippen molar-refractivity contribution in [3.05, 3.63) is 58.1 Å². The molecule has 0 aliphatic rings. The van der Waals surface area contributed by atoms with Crippen molar-refractivity contribution in [1.82, 2.24) is 0 Å². The molecule has 0 unspecified atom stereocenters. The summed E-state index contributed by atoms with van der Waals surface area (Å²) in [7, 11) is 4.71. The second-order valence-corrected chi connectivity index (χ2v) is 5.87. The molecule has 0 saturated carbocycles. The van der Waals surface area contributed by atoms with Crippen LogP contribution in [-0.2, 0) is 16.1 Å². The topological polar surface area (TPSA) is 54.0 Å². The van der Waals surface area contributed by atoms with Crippen LogP contribution < -0.4 is 14.2 Å². The predicted octanol–water partition coefficient (Wildman–Crippen LogP) is 4.23. The van der Waals surface area contributed by atoms with E-state index in [0.29, 0.717) is 11.5 Å². The van der Waals surface area contributed by atoms with Crippen LogP contribution in [0.25, 0.3) is 6.08 Å². The highest BCUT2D eigenvalue weighted by Crippen LogP contribution is 2.33. The summed E-state index contributed by atoms with van der Waals surface area (Å²) >= 11 is 3.43. The van der Waals surface area contributed by atoms with Crippen LogP contribution in [0.5, 0.6) is 17.2 Å². The number of carbonyl (C=O) groups is 1. The van der Waals surface area contributed by atoms with Crippen LogP contribution in [0.1, 0.15) is 11.1 Å². The lowest BCUT2D eigenvalue weighted by Crippen LogP contribution is -2.02. The van der Waals surface area contributed by atoms with Crippen LogP contribution in [0.3, 0.4) is 0 Å². The second-order valence-electron chi connectivity index (χ2n) is 5.02. The molecule has 2 aromatic carbocycles. The SMILES string of the molecule is COc1cccc(/C=C/C(=O)OCc2cc(OC)c(OC)cc2Br)c1. The van der Waals surface area contributed by atoms with E-state index in [1.54, 1.807) is 39.5 Å². The molecule has 0 aliphatic heterocycles. The number of hydrogen-bond donors (Lipinski definition) is 0. The lowest BCUT2D eigenvalue weighted by molar-refractivity contribution is -0.138. The first-order chi connectivity index (χ1) is 12.1. The smallest absolute Gasteiger partial charge is 0.331 e. The van der Waals surface area contributed by atoms with Crippen molar-refractivity contribution >= 4 is 28.0 Å². The maximum Gasteiger partial charge on any atom is 0.331 e. The number of carbonyl (C=O) groups excluding carboxylic acids is 1. The van der Waals surface area contributed by atoms with Crippen molar-refractivity contribution in [3.63, 3.8) is 0 Å². The highest BCUT2D eigenvalue weighted by molar-refractivity contribution is 9.10. The molecule has 0 spiro atoms. The average Bonchev–Trinajstić information content (AvgIpc) is 2.65. The van der Waals surface area contributed by atoms with Gasteiger partial charge in [0.25, 0.3) is 0 Å². The summed E-state index contributed by atoms with van der Waals surface area (Å²) in [6, 6.07) is 10.9. The van der Waals surface area contributed by atoms with Gasteiger partial charge in [0.1, 0.15) is 12.4 Å². The van der Waals surface area contributed by atoms with Gasteiger partial charge in [-0.1, -0.05) is 28.1 Å². The van der Waals surface area contributed by atoms with Crippen molar-refractivity contribution < 1.29 is 23.7 Å². The van der Waals surface area contributed by atoms with E-state index < -0.39 is 5.97 Å². The first-order valence-electron chi connectivity index (χ1n) is 7.46. The minimum absolute atomic E-state index is 0.113. The highest BCUT2D eigenvalue weighted by Gasteiger charge is 2.10. The summed E-state index contributed by atoms with van der Waals surface area (Å²) in [6.45, 7) is 0.113. The molecule has 0 saturated heterocycles. The van der Waals surface area contributed by atoms with E-state index in [-0.39, 0.29) is 6.61 Å². The van der Waals surface area contributed by atoms with Crippen LogP contribution in [-0.4, -0.2) is 27.3 Å². The maximum atomic E-state index is 11.9. The van der Waals surface area contributed by atoms with Crippen molar-refractivity contribution in [1.29, 1.82) is 0 Å². The first-order valence-corrected chi connectivity index (χ1v) is 8.26. The van der Waals surface area contributed by atoms with Gasteiger partial charge in [0.15, 0.2) is 11.5 Å². The molecular formula is C19H19BrO5. The largest absolute Gasteiger partial charge is 0.497 e. The number of ether oxygens (including phenoxy) is 4. The minimum atomic E-state index is -0.440. The fourth-order valence-electron chi connectivity index (χ4n) is 2.11. The molecular weight excluding hydrogens is 388 g/mol. The second kappa shape index (κ2) is 9.13. The van der Waals surface area contributed by atoms with E-state index in [1.807, 2.05) is 24.3 Å². The molecule has 0 heterocycles. The Balaban J connectivity index is 2.01. The summed E-state index contributed by atoms with van der Waals surface area (Å²) in [5.41, 5.74) is 1.63. The third kappa shape index (κ3) is 5.26. The third-order valence-electron chi connectivity index (χ3n) is 3.43. The van der Waals surface area contributed by atoms with Gasteiger partial charge < -0.3 is 18.9 Å². The summed E-state index contributed by atoms with van der Waals surface area (Å²) in [4.78, 5) is 11.9. The molecule has 2 rings (SSSR count). The van der Waals surface area contributed by atoms with Crippen LogP contribution in [0, 0.1) is 0 Å². The molecule has 2 aromatic rings. The Morgan fingerprint density at radius 3 is 2.44 bits per heavy atom. The quantitative estimate of drug-likeness (QED) is 0.508. The summed E-state index contributed by atoms with van der Waals surface area (Å²) in [5, 5.41) is 0. The molecule has 0 aliphatic carbocycles. The monoisotopic (exact) mass is 406 g/mol. The van der Waals surface area contributed by atoms with Crippen LogP contribution >= 0.6 is 15.9 Å². The Morgan fingerprint density at radius 1 is 1.04 bits per heavy atom. The zero-order valence-electron chi connectivity index (χ0n) is 14.2. The number of hydrogen-bond acceptors (Lipinski definition) is 5. The molecule has 0 bridgehead atoms. The van der Waals surface area contributed by atoms with Crippen LogP contribution in [0.4, 0.5) is 0 Å². The summed E-state index contributed by atoms with van der Waals surface area (Å²) < 4.78 is 21.7. The first kappa shape index (κ1) is 18.9.